The minimum Gasteiger partial charge on any atom is -0.504 e. The molecule has 0 aliphatic carbocycles. The molecule has 1 aromatic heterocycles. The molecule has 4 rings (SSSR count). The fourth-order valence-corrected chi connectivity index (χ4v) is 5.06. The van der Waals surface area contributed by atoms with E-state index in [1.165, 1.54) is 7.11 Å². The lowest BCUT2D eigenvalue weighted by atomic mass is 10.1. The van der Waals surface area contributed by atoms with Gasteiger partial charge in [0.15, 0.2) is 11.5 Å². The van der Waals surface area contributed by atoms with Crippen molar-refractivity contribution in [3.05, 3.63) is 71.0 Å². The van der Waals surface area contributed by atoms with Crippen LogP contribution in [0.1, 0.15) is 27.9 Å². The van der Waals surface area contributed by atoms with Crippen LogP contribution in [0.4, 0.5) is 0 Å². The van der Waals surface area contributed by atoms with Gasteiger partial charge in [-0.3, -0.25) is 4.79 Å². The van der Waals surface area contributed by atoms with Crippen molar-refractivity contribution in [3.63, 3.8) is 0 Å². The maximum absolute atomic E-state index is 12.7. The van der Waals surface area contributed by atoms with Crippen molar-refractivity contribution < 1.29 is 14.6 Å². The first kappa shape index (κ1) is 19.4. The van der Waals surface area contributed by atoms with Crippen molar-refractivity contribution >= 4 is 17.7 Å². The van der Waals surface area contributed by atoms with Crippen LogP contribution in [-0.2, 0) is 11.3 Å². The van der Waals surface area contributed by atoms with Gasteiger partial charge in [0.05, 0.1) is 24.2 Å². The Labute approximate surface area is 174 Å². The summed E-state index contributed by atoms with van der Waals surface area (Å²) in [5.74, 6) is 1.03. The Morgan fingerprint density at radius 1 is 1.21 bits per heavy atom. The maximum Gasteiger partial charge on any atom is 0.234 e. The Balaban J connectivity index is 1.68. The average molecular weight is 410 g/mol. The average Bonchev–Trinajstić information content (AvgIpc) is 3.22. The van der Waals surface area contributed by atoms with Crippen LogP contribution in [0.5, 0.6) is 11.5 Å². The highest BCUT2D eigenvalue weighted by atomic mass is 32.2. The van der Waals surface area contributed by atoms with Crippen molar-refractivity contribution in [2.45, 2.75) is 25.8 Å². The van der Waals surface area contributed by atoms with E-state index in [9.17, 15) is 9.90 Å². The van der Waals surface area contributed by atoms with Gasteiger partial charge in [-0.1, -0.05) is 24.3 Å². The number of thioether (sulfide) groups is 1. The molecule has 1 fully saturated rings. The van der Waals surface area contributed by atoms with E-state index < -0.39 is 0 Å². The third-order valence-electron chi connectivity index (χ3n) is 5.16. The molecular weight excluding hydrogens is 386 g/mol. The Kier molecular flexibility index (Phi) is 5.24. The van der Waals surface area contributed by atoms with Gasteiger partial charge in [0, 0.05) is 17.8 Å². The minimum absolute atomic E-state index is 0.0887. The molecular formula is C22H23N3O3S. The number of carbonyl (C=O) groups is 1. The number of carbonyl (C=O) groups excluding carboxylic acids is 1. The molecule has 1 N–H and O–H groups in total. The SMILES string of the molecule is COc1cc(CN2C(=O)CSC2c2c(C)nn(-c3ccccc3)c2C)ccc1O. The number of nitrogens with zero attached hydrogens (tertiary/aromatic N) is 3. The molecule has 0 spiro atoms. The van der Waals surface area contributed by atoms with Crippen LogP contribution < -0.4 is 4.74 Å². The summed E-state index contributed by atoms with van der Waals surface area (Å²) in [7, 11) is 1.52. The van der Waals surface area contributed by atoms with Crippen molar-refractivity contribution in [1.82, 2.24) is 14.7 Å². The predicted molar refractivity (Wildman–Crippen MR) is 113 cm³/mol. The molecule has 0 radical (unpaired) electrons. The van der Waals surface area contributed by atoms with Gasteiger partial charge in [-0.15, -0.1) is 11.8 Å². The Bertz CT molecular complexity index is 1050. The van der Waals surface area contributed by atoms with Gasteiger partial charge in [0.1, 0.15) is 5.37 Å². The fourth-order valence-electron chi connectivity index (χ4n) is 3.71. The topological polar surface area (TPSA) is 67.6 Å². The number of amides is 1. The third kappa shape index (κ3) is 3.58. The Morgan fingerprint density at radius 2 is 1.97 bits per heavy atom. The molecule has 1 amide bonds. The summed E-state index contributed by atoms with van der Waals surface area (Å²) in [4.78, 5) is 14.6. The van der Waals surface area contributed by atoms with E-state index >= 15 is 0 Å². The van der Waals surface area contributed by atoms with E-state index in [0.717, 1.165) is 28.2 Å². The molecule has 3 aromatic rings. The first-order chi connectivity index (χ1) is 14.0. The number of phenolic OH excluding ortho intramolecular Hbond substituents is 1. The molecule has 1 atom stereocenters. The summed E-state index contributed by atoms with van der Waals surface area (Å²) in [6.45, 7) is 4.49. The smallest absolute Gasteiger partial charge is 0.234 e. The molecule has 150 valence electrons. The Morgan fingerprint density at radius 3 is 2.69 bits per heavy atom. The highest BCUT2D eigenvalue weighted by Gasteiger charge is 2.36. The quantitative estimate of drug-likeness (QED) is 0.690. The molecule has 29 heavy (non-hydrogen) atoms. The van der Waals surface area contributed by atoms with Crippen LogP contribution in [-0.4, -0.2) is 38.6 Å². The lowest BCUT2D eigenvalue weighted by Crippen LogP contribution is -2.28. The molecule has 1 saturated heterocycles. The number of rotatable bonds is 5. The largest absolute Gasteiger partial charge is 0.504 e. The highest BCUT2D eigenvalue weighted by molar-refractivity contribution is 8.00. The molecule has 2 heterocycles. The van der Waals surface area contributed by atoms with Gasteiger partial charge < -0.3 is 14.7 Å². The molecule has 1 aliphatic rings. The van der Waals surface area contributed by atoms with Crippen LogP contribution in [0.3, 0.4) is 0 Å². The maximum atomic E-state index is 12.7. The molecule has 0 saturated carbocycles. The van der Waals surface area contributed by atoms with Gasteiger partial charge >= 0.3 is 0 Å². The number of benzene rings is 2. The summed E-state index contributed by atoms with van der Waals surface area (Å²) < 4.78 is 7.15. The van der Waals surface area contributed by atoms with Crippen LogP contribution in [0.25, 0.3) is 5.69 Å². The number of hydrogen-bond acceptors (Lipinski definition) is 5. The number of hydrogen-bond donors (Lipinski definition) is 1. The van der Waals surface area contributed by atoms with Gasteiger partial charge in [-0.05, 0) is 43.7 Å². The lowest BCUT2D eigenvalue weighted by Gasteiger charge is -2.25. The summed E-state index contributed by atoms with van der Waals surface area (Å²) >= 11 is 1.62. The number of aromatic nitrogens is 2. The van der Waals surface area contributed by atoms with E-state index in [1.807, 2.05) is 59.8 Å². The lowest BCUT2D eigenvalue weighted by molar-refractivity contribution is -0.128. The van der Waals surface area contributed by atoms with E-state index in [0.29, 0.717) is 18.0 Å². The van der Waals surface area contributed by atoms with Gasteiger partial charge in [-0.2, -0.15) is 5.10 Å². The predicted octanol–water partition coefficient (Wildman–Crippen LogP) is 3.98. The van der Waals surface area contributed by atoms with Crippen LogP contribution >= 0.6 is 11.8 Å². The van der Waals surface area contributed by atoms with E-state index in [4.69, 9.17) is 9.84 Å². The molecule has 2 aromatic carbocycles. The fraction of sp³-hybridized carbons (Fsp3) is 0.273. The first-order valence-corrected chi connectivity index (χ1v) is 10.4. The highest BCUT2D eigenvalue weighted by Crippen LogP contribution is 2.43. The summed E-state index contributed by atoms with van der Waals surface area (Å²) in [5.41, 5.74) is 4.95. The van der Waals surface area contributed by atoms with Crippen molar-refractivity contribution in [2.75, 3.05) is 12.9 Å². The van der Waals surface area contributed by atoms with E-state index in [-0.39, 0.29) is 17.0 Å². The Hall–Kier alpha value is -2.93. The molecule has 1 unspecified atom stereocenters. The number of ether oxygens (including phenoxy) is 1. The number of phenols is 1. The number of para-hydroxylation sites is 1. The molecule has 6 nitrogen and oxygen atoms in total. The molecule has 0 bridgehead atoms. The standard InChI is InChI=1S/C22H23N3O3S/c1-14-21(15(2)25(23-14)17-7-5-4-6-8-17)22-24(20(27)13-29-22)12-16-9-10-18(26)19(11-16)28-3/h4-11,22,26H,12-13H2,1-3H3. The van der Waals surface area contributed by atoms with Crippen molar-refractivity contribution in [3.8, 4) is 17.2 Å². The second kappa shape index (κ2) is 7.83. The molecule has 1 aliphatic heterocycles. The van der Waals surface area contributed by atoms with Crippen LogP contribution in [0, 0.1) is 13.8 Å². The van der Waals surface area contributed by atoms with Gasteiger partial charge in [0.25, 0.3) is 0 Å². The normalized spacial score (nSPS) is 16.4. The number of methoxy groups -OCH3 is 1. The second-order valence-corrected chi connectivity index (χ2v) is 8.09. The monoisotopic (exact) mass is 409 g/mol. The third-order valence-corrected chi connectivity index (χ3v) is 6.38. The summed E-state index contributed by atoms with van der Waals surface area (Å²) in [6.07, 6.45) is 0. The van der Waals surface area contributed by atoms with Crippen molar-refractivity contribution in [1.29, 1.82) is 0 Å². The minimum atomic E-state index is -0.0974. The zero-order valence-corrected chi connectivity index (χ0v) is 17.4. The summed E-state index contributed by atoms with van der Waals surface area (Å²) in [5, 5.41) is 14.5. The van der Waals surface area contributed by atoms with Crippen molar-refractivity contribution in [2.24, 2.45) is 0 Å². The molecule has 7 heteroatoms. The summed E-state index contributed by atoms with van der Waals surface area (Å²) in [6, 6.07) is 15.2. The number of aryl methyl sites for hydroxylation is 1. The zero-order chi connectivity index (χ0) is 20.5. The van der Waals surface area contributed by atoms with Crippen LogP contribution in [0.2, 0.25) is 0 Å². The van der Waals surface area contributed by atoms with E-state index in [2.05, 4.69) is 0 Å². The first-order valence-electron chi connectivity index (χ1n) is 9.38. The zero-order valence-electron chi connectivity index (χ0n) is 16.6. The second-order valence-electron chi connectivity index (χ2n) is 7.02. The van der Waals surface area contributed by atoms with Gasteiger partial charge in [-0.25, -0.2) is 4.68 Å². The van der Waals surface area contributed by atoms with Gasteiger partial charge in [0.2, 0.25) is 5.91 Å². The van der Waals surface area contributed by atoms with Crippen LogP contribution in [0.15, 0.2) is 48.5 Å². The van der Waals surface area contributed by atoms with E-state index in [1.54, 1.807) is 23.9 Å². The number of aromatic hydroxyl groups is 1.